The summed E-state index contributed by atoms with van der Waals surface area (Å²) in [6.45, 7) is 1.65. The van der Waals surface area contributed by atoms with Gasteiger partial charge >= 0.3 is 0 Å². The van der Waals surface area contributed by atoms with Gasteiger partial charge in [-0.2, -0.15) is 0 Å². The van der Waals surface area contributed by atoms with Gasteiger partial charge in [-0.3, -0.25) is 14.5 Å². The summed E-state index contributed by atoms with van der Waals surface area (Å²) >= 11 is 1.40. The smallest absolute Gasteiger partial charge is 0.253 e. The minimum absolute atomic E-state index is 0.0957. The maximum atomic E-state index is 12.3. The second kappa shape index (κ2) is 6.29. The SMILES string of the molecule is CC1=C(C(=O)[O-])N2C(=O)[C@@H](NC(=O)[C@@H](N)c3ccccc3)[C@H]2SC1. The standard InChI is InChI=1S/C16H17N3O4S/c1-8-7-24-15-11(14(21)19(15)12(8)16(22)23)18-13(20)10(17)9-5-3-2-4-6-9/h2-6,10-11,15H,7,17H2,1H3,(H,18,20)(H,22,23)/p-1/t10-,11+,15+/m0/s1. The third-order valence-electron chi connectivity index (χ3n) is 4.09. The first-order valence-electron chi connectivity index (χ1n) is 7.38. The zero-order valence-corrected chi connectivity index (χ0v) is 13.7. The summed E-state index contributed by atoms with van der Waals surface area (Å²) in [6.07, 6.45) is 0. The molecule has 8 heteroatoms. The van der Waals surface area contributed by atoms with Crippen LogP contribution in [0.5, 0.6) is 0 Å². The molecular formula is C16H16N3O4S-. The number of hydrogen-bond acceptors (Lipinski definition) is 6. The normalized spacial score (nSPS) is 24.1. The Bertz CT molecular complexity index is 734. The van der Waals surface area contributed by atoms with E-state index in [1.165, 1.54) is 16.7 Å². The number of carbonyl (C=O) groups is 3. The van der Waals surface area contributed by atoms with E-state index in [9.17, 15) is 19.5 Å². The molecule has 1 fully saturated rings. The first-order valence-corrected chi connectivity index (χ1v) is 8.43. The van der Waals surface area contributed by atoms with Gasteiger partial charge in [0.05, 0.1) is 11.7 Å². The molecule has 3 rings (SSSR count). The number of thioether (sulfide) groups is 1. The number of rotatable bonds is 4. The van der Waals surface area contributed by atoms with Crippen molar-refractivity contribution in [3.05, 3.63) is 47.2 Å². The maximum Gasteiger partial charge on any atom is 0.253 e. The lowest BCUT2D eigenvalue weighted by Gasteiger charge is -2.50. The van der Waals surface area contributed by atoms with E-state index in [2.05, 4.69) is 5.32 Å². The highest BCUT2D eigenvalue weighted by atomic mass is 32.2. The van der Waals surface area contributed by atoms with Crippen molar-refractivity contribution in [2.75, 3.05) is 5.75 Å². The molecule has 0 spiro atoms. The molecule has 0 radical (unpaired) electrons. The summed E-state index contributed by atoms with van der Waals surface area (Å²) in [5, 5.41) is 13.4. The van der Waals surface area contributed by atoms with Crippen molar-refractivity contribution in [2.45, 2.75) is 24.4 Å². The molecule has 0 aromatic heterocycles. The Morgan fingerprint density at radius 1 is 1.38 bits per heavy atom. The topological polar surface area (TPSA) is 116 Å². The fourth-order valence-corrected chi connectivity index (χ4v) is 4.11. The monoisotopic (exact) mass is 346 g/mol. The van der Waals surface area contributed by atoms with Crippen LogP contribution in [0.2, 0.25) is 0 Å². The molecule has 126 valence electrons. The Labute approximate surface area is 142 Å². The van der Waals surface area contributed by atoms with Crippen molar-refractivity contribution in [3.63, 3.8) is 0 Å². The van der Waals surface area contributed by atoms with E-state index in [-0.39, 0.29) is 5.70 Å². The highest BCUT2D eigenvalue weighted by Gasteiger charge is 2.52. The third-order valence-corrected chi connectivity index (χ3v) is 5.52. The number of carbonyl (C=O) groups excluding carboxylic acids is 3. The summed E-state index contributed by atoms with van der Waals surface area (Å²) in [5.41, 5.74) is 7.04. The molecular weight excluding hydrogens is 330 g/mol. The average Bonchev–Trinajstić information content (AvgIpc) is 2.59. The first kappa shape index (κ1) is 16.5. The molecule has 0 bridgehead atoms. The summed E-state index contributed by atoms with van der Waals surface area (Å²) < 4.78 is 0. The number of nitrogens with two attached hydrogens (primary N) is 1. The highest BCUT2D eigenvalue weighted by Crippen LogP contribution is 2.39. The van der Waals surface area contributed by atoms with E-state index >= 15 is 0 Å². The van der Waals surface area contributed by atoms with Gasteiger partial charge in [0, 0.05) is 5.75 Å². The minimum atomic E-state index is -1.38. The van der Waals surface area contributed by atoms with Crippen LogP contribution in [0.4, 0.5) is 0 Å². The number of carboxylic acids is 1. The molecule has 2 aliphatic rings. The van der Waals surface area contributed by atoms with Crippen molar-refractivity contribution >= 4 is 29.5 Å². The van der Waals surface area contributed by atoms with Crippen LogP contribution in [-0.2, 0) is 14.4 Å². The van der Waals surface area contributed by atoms with E-state index in [4.69, 9.17) is 5.73 Å². The van der Waals surface area contributed by atoms with Crippen molar-refractivity contribution in [2.24, 2.45) is 5.73 Å². The largest absolute Gasteiger partial charge is 0.543 e. The van der Waals surface area contributed by atoms with Gasteiger partial charge in [0.15, 0.2) is 0 Å². The van der Waals surface area contributed by atoms with Gasteiger partial charge in [-0.1, -0.05) is 30.3 Å². The number of amides is 2. The molecule has 3 atom stereocenters. The van der Waals surface area contributed by atoms with Crippen molar-refractivity contribution in [1.29, 1.82) is 0 Å². The second-order valence-electron chi connectivity index (χ2n) is 5.70. The van der Waals surface area contributed by atoms with Gasteiger partial charge in [-0.05, 0) is 18.1 Å². The van der Waals surface area contributed by atoms with E-state index < -0.39 is 35.2 Å². The number of aliphatic carboxylic acids is 1. The third kappa shape index (κ3) is 2.67. The number of hydrogen-bond donors (Lipinski definition) is 2. The number of benzene rings is 1. The molecule has 0 unspecified atom stereocenters. The van der Waals surface area contributed by atoms with Crippen molar-refractivity contribution in [1.82, 2.24) is 10.2 Å². The van der Waals surface area contributed by atoms with E-state index in [0.29, 0.717) is 16.9 Å². The van der Waals surface area contributed by atoms with Gasteiger partial charge in [0.2, 0.25) is 5.91 Å². The van der Waals surface area contributed by atoms with Gasteiger partial charge in [-0.15, -0.1) is 11.8 Å². The lowest BCUT2D eigenvalue weighted by molar-refractivity contribution is -0.301. The van der Waals surface area contributed by atoms with Gasteiger partial charge in [0.25, 0.3) is 5.91 Å². The van der Waals surface area contributed by atoms with Crippen LogP contribution >= 0.6 is 11.8 Å². The second-order valence-corrected chi connectivity index (χ2v) is 6.81. The number of nitrogens with zero attached hydrogens (tertiary/aromatic N) is 1. The average molecular weight is 346 g/mol. The fraction of sp³-hybridized carbons (Fsp3) is 0.312. The van der Waals surface area contributed by atoms with Crippen LogP contribution in [-0.4, -0.2) is 39.9 Å². The van der Waals surface area contributed by atoms with E-state index in [0.717, 1.165) is 0 Å². The number of β-lactam (4-membered cyclic amide) rings is 1. The Kier molecular flexibility index (Phi) is 4.33. The van der Waals surface area contributed by atoms with Gasteiger partial charge < -0.3 is 21.0 Å². The Morgan fingerprint density at radius 3 is 2.67 bits per heavy atom. The molecule has 1 saturated heterocycles. The molecule has 2 aliphatic heterocycles. The van der Waals surface area contributed by atoms with Gasteiger partial charge in [0.1, 0.15) is 17.5 Å². The zero-order valence-electron chi connectivity index (χ0n) is 12.9. The molecule has 2 heterocycles. The lowest BCUT2D eigenvalue weighted by Crippen LogP contribution is -2.71. The maximum absolute atomic E-state index is 12.3. The quantitative estimate of drug-likeness (QED) is 0.684. The van der Waals surface area contributed by atoms with Gasteiger partial charge in [-0.25, -0.2) is 0 Å². The number of carboxylic acid groups (broad SMARTS) is 1. The lowest BCUT2D eigenvalue weighted by atomic mass is 10.0. The van der Waals surface area contributed by atoms with Crippen LogP contribution in [0.1, 0.15) is 18.5 Å². The van der Waals surface area contributed by atoms with Crippen LogP contribution in [0.25, 0.3) is 0 Å². The van der Waals surface area contributed by atoms with Crippen LogP contribution < -0.4 is 16.2 Å². The predicted molar refractivity (Wildman–Crippen MR) is 86.1 cm³/mol. The number of fused-ring (bicyclic) bond motifs is 1. The Morgan fingerprint density at radius 2 is 2.04 bits per heavy atom. The van der Waals surface area contributed by atoms with E-state index in [1.54, 1.807) is 31.2 Å². The minimum Gasteiger partial charge on any atom is -0.543 e. The molecule has 1 aromatic rings. The summed E-state index contributed by atoms with van der Waals surface area (Å²) in [6, 6.07) is 7.16. The first-order chi connectivity index (χ1) is 11.4. The fourth-order valence-electron chi connectivity index (χ4n) is 2.82. The van der Waals surface area contributed by atoms with E-state index in [1.807, 2.05) is 6.07 Å². The number of nitrogens with one attached hydrogen (secondary N) is 1. The Hall–Kier alpha value is -2.32. The molecule has 7 nitrogen and oxygen atoms in total. The molecule has 0 aliphatic carbocycles. The molecule has 24 heavy (non-hydrogen) atoms. The zero-order chi connectivity index (χ0) is 17.4. The summed E-state index contributed by atoms with van der Waals surface area (Å²) in [4.78, 5) is 37.0. The van der Waals surface area contributed by atoms with Crippen LogP contribution in [0, 0.1) is 0 Å². The summed E-state index contributed by atoms with van der Waals surface area (Å²) in [5.74, 6) is -1.84. The molecule has 1 aromatic carbocycles. The van der Waals surface area contributed by atoms with Crippen LogP contribution in [0.15, 0.2) is 41.6 Å². The summed E-state index contributed by atoms with van der Waals surface area (Å²) in [7, 11) is 0. The molecule has 2 amide bonds. The highest BCUT2D eigenvalue weighted by molar-refractivity contribution is 8.00. The molecule has 3 N–H and O–H groups in total. The van der Waals surface area contributed by atoms with Crippen molar-refractivity contribution in [3.8, 4) is 0 Å². The van der Waals surface area contributed by atoms with Crippen LogP contribution in [0.3, 0.4) is 0 Å². The molecule has 0 saturated carbocycles. The van der Waals surface area contributed by atoms with Crippen molar-refractivity contribution < 1.29 is 19.5 Å². The Balaban J connectivity index is 1.71. The predicted octanol–water partition coefficient (Wildman–Crippen LogP) is -0.890.